The summed E-state index contributed by atoms with van der Waals surface area (Å²) >= 11 is 0. The zero-order chi connectivity index (χ0) is 13.2. The number of carboxylic acid groups (broad SMARTS) is 1. The summed E-state index contributed by atoms with van der Waals surface area (Å²) in [7, 11) is 3.64. The third kappa shape index (κ3) is 2.20. The second kappa shape index (κ2) is 4.98. The van der Waals surface area contributed by atoms with Crippen molar-refractivity contribution >= 4 is 5.97 Å². The van der Waals surface area contributed by atoms with Gasteiger partial charge in [0.1, 0.15) is 5.75 Å². The number of aliphatic carboxylic acids is 1. The molecule has 0 saturated carbocycles. The fraction of sp³-hybridized carbons (Fsp3) is 0.500. The number of hydrogen-bond acceptors (Lipinski definition) is 3. The van der Waals surface area contributed by atoms with Gasteiger partial charge in [0.25, 0.3) is 0 Å². The number of ether oxygens (including phenoxy) is 1. The Morgan fingerprint density at radius 2 is 1.83 bits per heavy atom. The molecule has 1 N–H and O–H groups in total. The summed E-state index contributed by atoms with van der Waals surface area (Å²) in [4.78, 5) is 13.9. The third-order valence-corrected chi connectivity index (χ3v) is 3.89. The number of nitrogens with zero attached hydrogens (tertiary/aromatic N) is 1. The van der Waals surface area contributed by atoms with Gasteiger partial charge in [0.05, 0.1) is 12.5 Å². The van der Waals surface area contributed by atoms with E-state index in [0.29, 0.717) is 12.8 Å². The minimum atomic E-state index is -0.737. The van der Waals surface area contributed by atoms with E-state index >= 15 is 0 Å². The van der Waals surface area contributed by atoms with E-state index in [-0.39, 0.29) is 0 Å². The van der Waals surface area contributed by atoms with Crippen molar-refractivity contribution in [3.05, 3.63) is 29.8 Å². The molecule has 0 amide bonds. The Labute approximate surface area is 107 Å². The molecule has 1 aliphatic rings. The molecule has 0 spiro atoms. The molecule has 0 atom stereocenters. The molecule has 0 aromatic heterocycles. The molecule has 1 heterocycles. The molecule has 2 rings (SSSR count). The minimum absolute atomic E-state index is 0.658. The van der Waals surface area contributed by atoms with Crippen LogP contribution in [-0.2, 0) is 10.2 Å². The molecule has 1 saturated heterocycles. The van der Waals surface area contributed by atoms with E-state index in [1.165, 1.54) is 0 Å². The molecule has 1 aliphatic heterocycles. The topological polar surface area (TPSA) is 49.8 Å². The average molecular weight is 249 g/mol. The Morgan fingerprint density at radius 1 is 1.28 bits per heavy atom. The predicted molar refractivity (Wildman–Crippen MR) is 69.0 cm³/mol. The largest absolute Gasteiger partial charge is 0.497 e. The van der Waals surface area contributed by atoms with Gasteiger partial charge in [-0.25, -0.2) is 0 Å². The summed E-state index contributed by atoms with van der Waals surface area (Å²) in [6.45, 7) is 1.64. The van der Waals surface area contributed by atoms with Crippen molar-refractivity contribution in [2.75, 3.05) is 27.2 Å². The van der Waals surface area contributed by atoms with E-state index in [1.54, 1.807) is 7.11 Å². The number of benzene rings is 1. The van der Waals surface area contributed by atoms with E-state index in [0.717, 1.165) is 24.4 Å². The van der Waals surface area contributed by atoms with E-state index in [2.05, 4.69) is 4.90 Å². The summed E-state index contributed by atoms with van der Waals surface area (Å²) in [5, 5.41) is 9.61. The molecular weight excluding hydrogens is 230 g/mol. The Kier molecular flexibility index (Phi) is 3.57. The number of piperidine rings is 1. The van der Waals surface area contributed by atoms with Gasteiger partial charge in [-0.2, -0.15) is 0 Å². The summed E-state index contributed by atoms with van der Waals surface area (Å²) in [6.07, 6.45) is 1.32. The van der Waals surface area contributed by atoms with Crippen LogP contribution in [0.3, 0.4) is 0 Å². The monoisotopic (exact) mass is 249 g/mol. The van der Waals surface area contributed by atoms with Crippen LogP contribution < -0.4 is 4.74 Å². The lowest BCUT2D eigenvalue weighted by Crippen LogP contribution is -2.46. The van der Waals surface area contributed by atoms with Crippen LogP contribution in [-0.4, -0.2) is 43.2 Å². The summed E-state index contributed by atoms with van der Waals surface area (Å²) < 4.78 is 5.11. The fourth-order valence-corrected chi connectivity index (χ4v) is 2.54. The highest BCUT2D eigenvalue weighted by Crippen LogP contribution is 2.36. The Hall–Kier alpha value is -1.55. The van der Waals surface area contributed by atoms with Gasteiger partial charge in [0.2, 0.25) is 0 Å². The molecule has 0 aliphatic carbocycles. The van der Waals surface area contributed by atoms with E-state index < -0.39 is 11.4 Å². The minimum Gasteiger partial charge on any atom is -0.497 e. The fourth-order valence-electron chi connectivity index (χ4n) is 2.54. The molecule has 98 valence electrons. The van der Waals surface area contributed by atoms with Crippen LogP contribution in [0.2, 0.25) is 0 Å². The van der Waals surface area contributed by atoms with Crippen LogP contribution in [0.15, 0.2) is 24.3 Å². The average Bonchev–Trinajstić information content (AvgIpc) is 2.40. The maximum Gasteiger partial charge on any atom is 0.314 e. The Morgan fingerprint density at radius 3 is 2.28 bits per heavy atom. The lowest BCUT2D eigenvalue weighted by atomic mass is 9.73. The normalized spacial score (nSPS) is 19.4. The highest BCUT2D eigenvalue weighted by molar-refractivity contribution is 5.81. The number of carbonyl (C=O) groups is 1. The van der Waals surface area contributed by atoms with Gasteiger partial charge in [-0.3, -0.25) is 4.79 Å². The summed E-state index contributed by atoms with van der Waals surface area (Å²) in [5.74, 6) is 0.0352. The zero-order valence-electron chi connectivity index (χ0n) is 10.8. The van der Waals surface area contributed by atoms with Crippen molar-refractivity contribution < 1.29 is 14.6 Å². The van der Waals surface area contributed by atoms with Gasteiger partial charge < -0.3 is 14.7 Å². The van der Waals surface area contributed by atoms with E-state index in [1.807, 2.05) is 31.3 Å². The van der Waals surface area contributed by atoms with Gasteiger partial charge >= 0.3 is 5.97 Å². The SMILES string of the molecule is COc1ccc(C2(C(=O)O)CCN(C)CC2)cc1. The van der Waals surface area contributed by atoms with Crippen molar-refractivity contribution in [2.45, 2.75) is 18.3 Å². The predicted octanol–water partition coefficient (Wildman–Crippen LogP) is 1.74. The van der Waals surface area contributed by atoms with Crippen molar-refractivity contribution in [1.29, 1.82) is 0 Å². The maximum atomic E-state index is 11.7. The number of rotatable bonds is 3. The molecule has 0 bridgehead atoms. The van der Waals surface area contributed by atoms with E-state index in [4.69, 9.17) is 4.74 Å². The van der Waals surface area contributed by atoms with Crippen molar-refractivity contribution in [2.24, 2.45) is 0 Å². The molecule has 18 heavy (non-hydrogen) atoms. The van der Waals surface area contributed by atoms with E-state index in [9.17, 15) is 9.90 Å². The smallest absolute Gasteiger partial charge is 0.314 e. The molecule has 1 fully saturated rings. The van der Waals surface area contributed by atoms with Gasteiger partial charge in [-0.1, -0.05) is 12.1 Å². The molecule has 0 unspecified atom stereocenters. The number of methoxy groups -OCH3 is 1. The van der Waals surface area contributed by atoms with Crippen LogP contribution in [0, 0.1) is 0 Å². The maximum absolute atomic E-state index is 11.7. The van der Waals surface area contributed by atoms with Crippen molar-refractivity contribution in [1.82, 2.24) is 4.90 Å². The summed E-state index contributed by atoms with van der Waals surface area (Å²) in [5.41, 5.74) is 0.141. The molecule has 4 nitrogen and oxygen atoms in total. The van der Waals surface area contributed by atoms with Crippen LogP contribution in [0.25, 0.3) is 0 Å². The number of likely N-dealkylation sites (tertiary alicyclic amines) is 1. The number of hydrogen-bond donors (Lipinski definition) is 1. The van der Waals surface area contributed by atoms with Crippen molar-refractivity contribution in [3.8, 4) is 5.75 Å². The standard InChI is InChI=1S/C14H19NO3/c1-15-9-7-14(8-10-15,13(16)17)11-3-5-12(18-2)6-4-11/h3-6H,7-10H2,1-2H3,(H,16,17). The Bertz CT molecular complexity index is 419. The molecule has 1 aromatic carbocycles. The summed E-state index contributed by atoms with van der Waals surface area (Å²) in [6, 6.07) is 7.41. The van der Waals surface area contributed by atoms with Crippen LogP contribution in [0.1, 0.15) is 18.4 Å². The molecule has 1 aromatic rings. The van der Waals surface area contributed by atoms with Crippen LogP contribution in [0.4, 0.5) is 0 Å². The zero-order valence-corrected chi connectivity index (χ0v) is 10.8. The number of carboxylic acids is 1. The highest BCUT2D eigenvalue weighted by atomic mass is 16.5. The molecular formula is C14H19NO3. The van der Waals surface area contributed by atoms with Crippen LogP contribution in [0.5, 0.6) is 5.75 Å². The second-order valence-electron chi connectivity index (χ2n) is 4.92. The van der Waals surface area contributed by atoms with Crippen molar-refractivity contribution in [3.63, 3.8) is 0 Å². The first-order valence-electron chi connectivity index (χ1n) is 6.15. The third-order valence-electron chi connectivity index (χ3n) is 3.89. The lowest BCUT2D eigenvalue weighted by molar-refractivity contribution is -0.145. The van der Waals surface area contributed by atoms with Gasteiger partial charge in [-0.05, 0) is 50.7 Å². The first kappa shape index (κ1) is 12.9. The quantitative estimate of drug-likeness (QED) is 0.886. The van der Waals surface area contributed by atoms with Gasteiger partial charge in [-0.15, -0.1) is 0 Å². The molecule has 4 heteroatoms. The van der Waals surface area contributed by atoms with Gasteiger partial charge in [0, 0.05) is 0 Å². The first-order valence-corrected chi connectivity index (χ1v) is 6.15. The first-order chi connectivity index (χ1) is 8.58. The van der Waals surface area contributed by atoms with Gasteiger partial charge in [0.15, 0.2) is 0 Å². The highest BCUT2D eigenvalue weighted by Gasteiger charge is 2.42. The molecule has 0 radical (unpaired) electrons. The lowest BCUT2D eigenvalue weighted by Gasteiger charge is -2.37. The Balaban J connectivity index is 2.32. The second-order valence-corrected chi connectivity index (χ2v) is 4.92. The van der Waals surface area contributed by atoms with Crippen LogP contribution >= 0.6 is 0 Å².